The molecule has 0 atom stereocenters. The summed E-state index contributed by atoms with van der Waals surface area (Å²) in [7, 11) is -6.80. The van der Waals surface area contributed by atoms with Crippen LogP contribution in [-0.4, -0.2) is 58.5 Å². The molecule has 0 spiro atoms. The minimum absolute atomic E-state index is 0.116. The van der Waals surface area contributed by atoms with E-state index in [1.165, 1.54) is 0 Å². The number of piperidine rings is 1. The van der Waals surface area contributed by atoms with Gasteiger partial charge in [0.05, 0.1) is 15.8 Å². The molecule has 3 heterocycles. The number of hydrogen-bond acceptors (Lipinski definition) is 5. The van der Waals surface area contributed by atoms with Crippen molar-refractivity contribution < 1.29 is 21.6 Å². The first-order valence-corrected chi connectivity index (χ1v) is 13.7. The lowest BCUT2D eigenvalue weighted by molar-refractivity contribution is -0.118. The fourth-order valence-electron chi connectivity index (χ4n) is 4.84. The van der Waals surface area contributed by atoms with Crippen LogP contribution in [0.4, 0.5) is 5.69 Å². The molecule has 10 heteroatoms. The summed E-state index contributed by atoms with van der Waals surface area (Å²) in [5.41, 5.74) is 2.78. The van der Waals surface area contributed by atoms with Crippen molar-refractivity contribution in [2.24, 2.45) is 5.92 Å². The molecule has 164 valence electrons. The van der Waals surface area contributed by atoms with E-state index in [9.17, 15) is 21.6 Å². The summed E-state index contributed by atoms with van der Waals surface area (Å²) in [5, 5.41) is -0.195. The van der Waals surface area contributed by atoms with Gasteiger partial charge in [-0.25, -0.2) is 25.9 Å². The Morgan fingerprint density at radius 2 is 1.57 bits per heavy atom. The van der Waals surface area contributed by atoms with Gasteiger partial charge in [-0.2, -0.15) is 0 Å². The normalized spacial score (nSPS) is 23.1. The van der Waals surface area contributed by atoms with Crippen molar-refractivity contribution in [1.82, 2.24) is 9.03 Å². The van der Waals surface area contributed by atoms with Crippen LogP contribution in [0.15, 0.2) is 17.0 Å². The quantitative estimate of drug-likeness (QED) is 0.692. The van der Waals surface area contributed by atoms with E-state index in [4.69, 9.17) is 0 Å². The summed E-state index contributed by atoms with van der Waals surface area (Å²) in [4.78, 5) is 14.1. The molecule has 3 aliphatic heterocycles. The highest BCUT2D eigenvalue weighted by atomic mass is 32.2. The van der Waals surface area contributed by atoms with Gasteiger partial charge in [-0.05, 0) is 67.7 Å². The molecule has 1 aromatic carbocycles. The van der Waals surface area contributed by atoms with Gasteiger partial charge in [-0.3, -0.25) is 4.79 Å². The van der Waals surface area contributed by atoms with Crippen LogP contribution in [0.2, 0.25) is 0 Å². The van der Waals surface area contributed by atoms with E-state index >= 15 is 0 Å². The molecule has 8 nitrogen and oxygen atoms in total. The van der Waals surface area contributed by atoms with Crippen LogP contribution in [0.1, 0.15) is 43.2 Å². The van der Waals surface area contributed by atoms with E-state index in [1.807, 2.05) is 0 Å². The third-order valence-corrected chi connectivity index (χ3v) is 10.6. The second-order valence-corrected chi connectivity index (χ2v) is 12.8. The third kappa shape index (κ3) is 3.57. The van der Waals surface area contributed by atoms with E-state index in [0.29, 0.717) is 58.3 Å². The lowest BCUT2D eigenvalue weighted by Crippen LogP contribution is -2.42. The van der Waals surface area contributed by atoms with Crippen LogP contribution < -0.4 is 9.62 Å². The summed E-state index contributed by atoms with van der Waals surface area (Å²) in [6.07, 6.45) is 4.54. The molecule has 5 rings (SSSR count). The van der Waals surface area contributed by atoms with Crippen molar-refractivity contribution in [2.75, 3.05) is 31.1 Å². The highest BCUT2D eigenvalue weighted by Gasteiger charge is 2.41. The molecular weight excluding hydrogens is 426 g/mol. The number of aryl methyl sites for hydroxylation is 1. The van der Waals surface area contributed by atoms with Crippen LogP contribution in [0.25, 0.3) is 0 Å². The van der Waals surface area contributed by atoms with Crippen molar-refractivity contribution in [3.8, 4) is 0 Å². The fourth-order valence-corrected chi connectivity index (χ4v) is 7.93. The summed E-state index contributed by atoms with van der Waals surface area (Å²) in [5.74, 6) is 0.247. The van der Waals surface area contributed by atoms with Crippen LogP contribution in [0.5, 0.6) is 0 Å². The zero-order valence-corrected chi connectivity index (χ0v) is 18.5. The molecule has 0 radical (unpaired) electrons. The number of anilines is 1. The number of sulfonamides is 2. The average Bonchev–Trinajstić information content (AvgIpc) is 3.50. The van der Waals surface area contributed by atoms with Gasteiger partial charge in [0, 0.05) is 32.6 Å². The van der Waals surface area contributed by atoms with Gasteiger partial charge in [0.15, 0.2) is 0 Å². The number of benzene rings is 1. The van der Waals surface area contributed by atoms with E-state index in [2.05, 4.69) is 4.72 Å². The Morgan fingerprint density at radius 1 is 0.900 bits per heavy atom. The Labute approximate surface area is 177 Å². The molecule has 1 aliphatic carbocycles. The van der Waals surface area contributed by atoms with Crippen molar-refractivity contribution in [2.45, 2.75) is 55.1 Å². The van der Waals surface area contributed by atoms with Crippen LogP contribution in [-0.2, 0) is 37.7 Å². The largest absolute Gasteiger partial charge is 0.312 e. The predicted molar refractivity (Wildman–Crippen MR) is 112 cm³/mol. The average molecular weight is 454 g/mol. The van der Waals surface area contributed by atoms with E-state index in [0.717, 1.165) is 29.7 Å². The maximum absolute atomic E-state index is 12.9. The van der Waals surface area contributed by atoms with Crippen LogP contribution in [0.3, 0.4) is 0 Å². The molecule has 30 heavy (non-hydrogen) atoms. The zero-order chi connectivity index (χ0) is 21.1. The molecule has 1 saturated carbocycles. The molecular formula is C20H27N3O5S2. The summed E-state index contributed by atoms with van der Waals surface area (Å²) in [6.45, 7) is 1.88. The molecule has 4 aliphatic rings. The van der Waals surface area contributed by atoms with Crippen LogP contribution in [0, 0.1) is 5.92 Å². The Hall–Kier alpha value is -1.49. The zero-order valence-electron chi connectivity index (χ0n) is 16.8. The molecule has 2 fully saturated rings. The Kier molecular flexibility index (Phi) is 4.96. The summed E-state index contributed by atoms with van der Waals surface area (Å²) in [6, 6.07) is 3.40. The summed E-state index contributed by atoms with van der Waals surface area (Å²) >= 11 is 0. The first kappa shape index (κ1) is 20.4. The van der Waals surface area contributed by atoms with Gasteiger partial charge in [-0.1, -0.05) is 0 Å². The highest BCUT2D eigenvalue weighted by molar-refractivity contribution is 7.90. The number of nitrogens with zero attached hydrogens (tertiary/aromatic N) is 2. The van der Waals surface area contributed by atoms with Crippen molar-refractivity contribution in [1.29, 1.82) is 0 Å². The standard InChI is InChI=1S/C20H27N3O5S2/c24-19-4-1-15-11-18(12-16-7-10-23(19)20(15)16)29(25,26)21-13-14-5-8-22(9-6-14)30(27,28)17-2-3-17/h11-12,14,17,21H,1-10,13H2. The Morgan fingerprint density at radius 3 is 2.23 bits per heavy atom. The van der Waals surface area contributed by atoms with E-state index in [-0.39, 0.29) is 22.0 Å². The Balaban J connectivity index is 1.24. The second kappa shape index (κ2) is 7.29. The lowest BCUT2D eigenvalue weighted by Gasteiger charge is -2.31. The van der Waals surface area contributed by atoms with Gasteiger partial charge in [0.1, 0.15) is 0 Å². The van der Waals surface area contributed by atoms with Crippen molar-refractivity contribution in [3.63, 3.8) is 0 Å². The monoisotopic (exact) mass is 453 g/mol. The number of amides is 1. The van der Waals surface area contributed by atoms with Crippen molar-refractivity contribution >= 4 is 31.6 Å². The van der Waals surface area contributed by atoms with Gasteiger partial charge in [0.2, 0.25) is 26.0 Å². The van der Waals surface area contributed by atoms with E-state index < -0.39 is 20.0 Å². The molecule has 1 aromatic rings. The minimum Gasteiger partial charge on any atom is -0.312 e. The Bertz CT molecular complexity index is 1090. The number of carbonyl (C=O) groups is 1. The third-order valence-electron chi connectivity index (χ3n) is 6.78. The minimum atomic E-state index is -3.65. The molecule has 1 amide bonds. The lowest BCUT2D eigenvalue weighted by atomic mass is 9.99. The smallest absolute Gasteiger partial charge is 0.240 e. The fraction of sp³-hybridized carbons (Fsp3) is 0.650. The SMILES string of the molecule is O=C1CCc2cc(S(=O)(=O)NCC3CCN(S(=O)(=O)C4CC4)CC3)cc3c2N1CC3. The van der Waals surface area contributed by atoms with Gasteiger partial charge >= 0.3 is 0 Å². The molecule has 0 bridgehead atoms. The van der Waals surface area contributed by atoms with Gasteiger partial charge in [-0.15, -0.1) is 0 Å². The first-order valence-electron chi connectivity index (χ1n) is 10.7. The highest BCUT2D eigenvalue weighted by Crippen LogP contribution is 2.38. The molecule has 1 saturated heterocycles. The van der Waals surface area contributed by atoms with Gasteiger partial charge < -0.3 is 4.90 Å². The number of hydrogen-bond donors (Lipinski definition) is 1. The van der Waals surface area contributed by atoms with Crippen molar-refractivity contribution in [3.05, 3.63) is 23.3 Å². The maximum atomic E-state index is 12.9. The first-order chi connectivity index (χ1) is 14.3. The maximum Gasteiger partial charge on any atom is 0.240 e. The van der Waals surface area contributed by atoms with Crippen LogP contribution >= 0.6 is 0 Å². The molecule has 1 N–H and O–H groups in total. The summed E-state index contributed by atoms with van der Waals surface area (Å²) < 4.78 is 54.9. The molecule has 0 aromatic heterocycles. The second-order valence-electron chi connectivity index (χ2n) is 8.82. The van der Waals surface area contributed by atoms with E-state index in [1.54, 1.807) is 21.3 Å². The topological polar surface area (TPSA) is 104 Å². The number of carbonyl (C=O) groups excluding carboxylic acids is 1. The number of nitrogens with one attached hydrogen (secondary N) is 1. The van der Waals surface area contributed by atoms with Gasteiger partial charge in [0.25, 0.3) is 0 Å². The predicted octanol–water partition coefficient (Wildman–Crippen LogP) is 1.00. The molecule has 0 unspecified atom stereocenters. The number of rotatable bonds is 6.